The third-order valence-corrected chi connectivity index (χ3v) is 7.51. The molecule has 1 aliphatic carbocycles. The number of sulfonamides is 1. The summed E-state index contributed by atoms with van der Waals surface area (Å²) in [5.41, 5.74) is 0.851. The Balaban J connectivity index is 1.71. The number of rotatable bonds is 4. The highest BCUT2D eigenvalue weighted by molar-refractivity contribution is 9.10. The molecule has 0 radical (unpaired) electrons. The molecule has 0 unspecified atom stereocenters. The summed E-state index contributed by atoms with van der Waals surface area (Å²) in [5.74, 6) is -0.421. The average Bonchev–Trinajstić information content (AvgIpc) is 3.42. The standard InChI is InChI=1S/C20H15BrN4O4S2/c21-10-1-8-15-14(9-10)16(18(26)24-15)17-19(27)25(12-4-5-12)20(30-17)23-11-2-6-13(7-3-11)31(22,28)29/h1-3,6-9,12,27H,4-5H2,(H2,22,28,29). The number of hydrogen-bond acceptors (Lipinski definition) is 6. The van der Waals surface area contributed by atoms with Gasteiger partial charge in [-0.2, -0.15) is 0 Å². The van der Waals surface area contributed by atoms with Gasteiger partial charge in [0.25, 0.3) is 5.91 Å². The summed E-state index contributed by atoms with van der Waals surface area (Å²) in [6.45, 7) is 0. The number of hydrogen-bond donors (Lipinski definition) is 2. The van der Waals surface area contributed by atoms with Crippen LogP contribution in [0.5, 0.6) is 5.88 Å². The van der Waals surface area contributed by atoms with Gasteiger partial charge in [0.05, 0.1) is 21.5 Å². The number of thiazole rings is 1. The summed E-state index contributed by atoms with van der Waals surface area (Å²) in [7, 11) is -3.80. The van der Waals surface area contributed by atoms with Crippen LogP contribution >= 0.6 is 27.3 Å². The van der Waals surface area contributed by atoms with Crippen LogP contribution in [0.25, 0.3) is 5.57 Å². The minimum absolute atomic E-state index is 0.00728. The van der Waals surface area contributed by atoms with Crippen LogP contribution in [0.3, 0.4) is 0 Å². The summed E-state index contributed by atoms with van der Waals surface area (Å²) in [6, 6.07) is 11.3. The van der Waals surface area contributed by atoms with Crippen molar-refractivity contribution in [1.82, 2.24) is 4.57 Å². The van der Waals surface area contributed by atoms with Crippen molar-refractivity contribution in [3.05, 3.63) is 67.2 Å². The number of primary sulfonamides is 1. The number of carbonyl (C=O) groups excluding carboxylic acids is 1. The Morgan fingerprint density at radius 2 is 1.90 bits per heavy atom. The van der Waals surface area contributed by atoms with Gasteiger partial charge >= 0.3 is 0 Å². The molecule has 0 saturated heterocycles. The van der Waals surface area contributed by atoms with E-state index in [-0.39, 0.29) is 16.8 Å². The van der Waals surface area contributed by atoms with Gasteiger partial charge in [-0.05, 0) is 55.3 Å². The number of amides is 1. The number of carbonyl (C=O) groups is 1. The van der Waals surface area contributed by atoms with E-state index in [1.165, 1.54) is 23.5 Å². The first-order chi connectivity index (χ1) is 14.7. The van der Waals surface area contributed by atoms with E-state index in [1.54, 1.807) is 22.8 Å². The molecule has 158 valence electrons. The van der Waals surface area contributed by atoms with Crippen molar-refractivity contribution in [3.8, 4) is 5.88 Å². The smallest absolute Gasteiger partial charge is 0.279 e. The summed E-state index contributed by atoms with van der Waals surface area (Å²) >= 11 is 4.62. The quantitative estimate of drug-likeness (QED) is 0.543. The normalized spacial score (nSPS) is 16.5. The molecular formula is C20H15BrN4O4S2. The number of fused-ring (bicyclic) bond motifs is 1. The number of nitrogens with two attached hydrogens (primary N) is 1. The van der Waals surface area contributed by atoms with Crippen LogP contribution in [0.1, 0.15) is 23.8 Å². The molecule has 1 aromatic heterocycles. The van der Waals surface area contributed by atoms with Gasteiger partial charge in [0.2, 0.25) is 15.9 Å². The van der Waals surface area contributed by atoms with Gasteiger partial charge in [-0.3, -0.25) is 9.36 Å². The van der Waals surface area contributed by atoms with Crippen molar-refractivity contribution < 1.29 is 18.3 Å². The van der Waals surface area contributed by atoms with Gasteiger partial charge in [0, 0.05) is 15.7 Å². The van der Waals surface area contributed by atoms with Crippen LogP contribution in [-0.2, 0) is 14.8 Å². The summed E-state index contributed by atoms with van der Waals surface area (Å²) < 4.78 is 25.5. The lowest BCUT2D eigenvalue weighted by molar-refractivity contribution is -0.112. The Hall–Kier alpha value is -2.60. The molecule has 2 aromatic carbocycles. The second kappa shape index (κ2) is 7.23. The fraction of sp³-hybridized carbons (Fsp3) is 0.150. The molecule has 31 heavy (non-hydrogen) atoms. The maximum Gasteiger partial charge on any atom is 0.279 e. The molecule has 1 fully saturated rings. The average molecular weight is 519 g/mol. The predicted octanol–water partition coefficient (Wildman–Crippen LogP) is 1.59. The van der Waals surface area contributed by atoms with Gasteiger partial charge in [0.1, 0.15) is 4.88 Å². The Labute approximate surface area is 188 Å². The van der Waals surface area contributed by atoms with Crippen molar-refractivity contribution in [2.45, 2.75) is 23.8 Å². The number of halogens is 1. The van der Waals surface area contributed by atoms with Gasteiger partial charge in [-0.1, -0.05) is 27.3 Å². The van der Waals surface area contributed by atoms with E-state index in [4.69, 9.17) is 5.14 Å². The fourth-order valence-corrected chi connectivity index (χ4v) is 5.45. The van der Waals surface area contributed by atoms with Crippen molar-refractivity contribution in [1.29, 1.82) is 0 Å². The molecule has 2 heterocycles. The van der Waals surface area contributed by atoms with Crippen LogP contribution in [0, 0.1) is 0 Å². The van der Waals surface area contributed by atoms with Gasteiger partial charge < -0.3 is 5.11 Å². The minimum Gasteiger partial charge on any atom is -0.493 e. The molecule has 1 saturated carbocycles. The summed E-state index contributed by atoms with van der Waals surface area (Å²) in [5, 5.41) is 17.4. The van der Waals surface area contributed by atoms with Gasteiger partial charge in [-0.15, -0.1) is 0 Å². The molecule has 1 amide bonds. The van der Waals surface area contributed by atoms with Crippen molar-refractivity contribution in [2.24, 2.45) is 15.1 Å². The molecule has 1 aliphatic heterocycles. The molecule has 0 atom stereocenters. The molecule has 0 spiro atoms. The number of nitrogens with zero attached hydrogens (tertiary/aromatic N) is 3. The Bertz CT molecular complexity index is 1550. The Morgan fingerprint density at radius 1 is 1.19 bits per heavy atom. The zero-order valence-corrected chi connectivity index (χ0v) is 19.0. The number of aromatic nitrogens is 1. The summed E-state index contributed by atoms with van der Waals surface area (Å²) in [4.78, 5) is 22.3. The first-order valence-corrected chi connectivity index (χ1v) is 12.4. The highest BCUT2D eigenvalue weighted by Crippen LogP contribution is 2.40. The lowest BCUT2D eigenvalue weighted by Gasteiger charge is -2.03. The lowest BCUT2D eigenvalue weighted by Crippen LogP contribution is -2.22. The molecule has 8 nitrogen and oxygen atoms in total. The van der Waals surface area contributed by atoms with Crippen molar-refractivity contribution >= 4 is 54.5 Å². The van der Waals surface area contributed by atoms with Crippen LogP contribution in [0.2, 0.25) is 0 Å². The summed E-state index contributed by atoms with van der Waals surface area (Å²) in [6.07, 6.45) is 1.80. The molecule has 0 bridgehead atoms. The van der Waals surface area contributed by atoms with E-state index >= 15 is 0 Å². The topological polar surface area (TPSA) is 127 Å². The monoisotopic (exact) mass is 518 g/mol. The largest absolute Gasteiger partial charge is 0.493 e. The first-order valence-electron chi connectivity index (χ1n) is 9.27. The highest BCUT2D eigenvalue weighted by Gasteiger charge is 2.32. The van der Waals surface area contributed by atoms with Crippen LogP contribution in [-0.4, -0.2) is 24.0 Å². The maximum atomic E-state index is 12.7. The zero-order valence-electron chi connectivity index (χ0n) is 15.8. The number of benzene rings is 2. The molecule has 3 N–H and O–H groups in total. The molecule has 2 aliphatic rings. The van der Waals surface area contributed by atoms with Gasteiger partial charge in [-0.25, -0.2) is 23.5 Å². The third kappa shape index (κ3) is 3.67. The van der Waals surface area contributed by atoms with E-state index in [2.05, 4.69) is 25.9 Å². The zero-order chi connectivity index (χ0) is 21.9. The Kier molecular flexibility index (Phi) is 4.74. The maximum absolute atomic E-state index is 12.7. The van der Waals surface area contributed by atoms with Crippen molar-refractivity contribution in [3.63, 3.8) is 0 Å². The van der Waals surface area contributed by atoms with Gasteiger partial charge in [0.15, 0.2) is 4.80 Å². The van der Waals surface area contributed by atoms with Crippen molar-refractivity contribution in [2.75, 3.05) is 0 Å². The van der Waals surface area contributed by atoms with Crippen LogP contribution < -0.4 is 20.5 Å². The lowest BCUT2D eigenvalue weighted by atomic mass is 10.1. The molecule has 5 rings (SSSR count). The van der Waals surface area contributed by atoms with E-state index in [1.807, 2.05) is 12.1 Å². The van der Waals surface area contributed by atoms with E-state index in [9.17, 15) is 18.3 Å². The van der Waals surface area contributed by atoms with E-state index < -0.39 is 15.9 Å². The van der Waals surface area contributed by atoms with Crippen LogP contribution in [0.15, 0.2) is 61.8 Å². The molecule has 11 heteroatoms. The predicted molar refractivity (Wildman–Crippen MR) is 118 cm³/mol. The first kappa shape index (κ1) is 20.3. The number of aromatic hydroxyl groups is 1. The fourth-order valence-electron chi connectivity index (χ4n) is 3.41. The minimum atomic E-state index is -3.80. The third-order valence-electron chi connectivity index (χ3n) is 5.02. The molecule has 3 aromatic rings. The van der Waals surface area contributed by atoms with E-state index in [0.717, 1.165) is 17.3 Å². The highest BCUT2D eigenvalue weighted by atomic mass is 79.9. The Morgan fingerprint density at radius 3 is 2.55 bits per heavy atom. The molecular weight excluding hydrogens is 504 g/mol. The second-order valence-electron chi connectivity index (χ2n) is 7.24. The SMILES string of the molecule is NS(=O)(=O)c1ccc(N=c2sc(C3=c4cc(Br)ccc4=NC3=O)c(O)n2C2CC2)cc1. The second-order valence-corrected chi connectivity index (χ2v) is 10.7. The van der Waals surface area contributed by atoms with Crippen LogP contribution in [0.4, 0.5) is 5.69 Å². The van der Waals surface area contributed by atoms with E-state index in [0.29, 0.717) is 31.5 Å².